The number of halogens is 1. The van der Waals surface area contributed by atoms with Crippen molar-refractivity contribution in [3.63, 3.8) is 0 Å². The summed E-state index contributed by atoms with van der Waals surface area (Å²) in [5.74, 6) is 0. The molecule has 1 aliphatic heterocycles. The van der Waals surface area contributed by atoms with E-state index in [1.54, 1.807) is 6.20 Å². The molecule has 0 atom stereocenters. The largest absolute Gasteiger partial charge is 0.379 e. The molecule has 2 aromatic rings. The van der Waals surface area contributed by atoms with Crippen LogP contribution in [0.25, 0.3) is 11.2 Å². The summed E-state index contributed by atoms with van der Waals surface area (Å²) in [4.78, 5) is 11.0. The maximum absolute atomic E-state index is 6.13. The van der Waals surface area contributed by atoms with Gasteiger partial charge in [-0.3, -0.25) is 4.90 Å². The van der Waals surface area contributed by atoms with Gasteiger partial charge in [0.05, 0.1) is 30.1 Å². The first-order valence-corrected chi connectivity index (χ1v) is 6.89. The van der Waals surface area contributed by atoms with Gasteiger partial charge in [0.15, 0.2) is 5.65 Å². The summed E-state index contributed by atoms with van der Waals surface area (Å²) in [6, 6.07) is 0. The third-order valence-electron chi connectivity index (χ3n) is 3.59. The van der Waals surface area contributed by atoms with Crippen LogP contribution in [-0.2, 0) is 11.3 Å². The molecule has 19 heavy (non-hydrogen) atoms. The second kappa shape index (κ2) is 5.45. The number of imidazole rings is 1. The van der Waals surface area contributed by atoms with Crippen LogP contribution in [0.4, 0.5) is 0 Å². The van der Waals surface area contributed by atoms with Gasteiger partial charge in [-0.25, -0.2) is 9.97 Å². The predicted octanol–water partition coefficient (Wildman–Crippen LogP) is 1.73. The van der Waals surface area contributed by atoms with Crippen LogP contribution in [0.15, 0.2) is 12.5 Å². The molecule has 0 unspecified atom stereocenters. The number of fused-ring (bicyclic) bond motifs is 1. The topological polar surface area (TPSA) is 43.2 Å². The molecule has 0 spiro atoms. The maximum atomic E-state index is 6.13. The zero-order chi connectivity index (χ0) is 13.2. The second-order valence-electron chi connectivity index (χ2n) is 4.80. The van der Waals surface area contributed by atoms with Crippen molar-refractivity contribution in [3.8, 4) is 0 Å². The zero-order valence-corrected chi connectivity index (χ0v) is 11.7. The Hall–Kier alpha value is -1.17. The number of aromatic nitrogens is 3. The average Bonchev–Trinajstić information content (AvgIpc) is 2.86. The van der Waals surface area contributed by atoms with Gasteiger partial charge >= 0.3 is 0 Å². The predicted molar refractivity (Wildman–Crippen MR) is 74.5 cm³/mol. The minimum absolute atomic E-state index is 0.695. The zero-order valence-electron chi connectivity index (χ0n) is 11.0. The fraction of sp³-hybridized carbons (Fsp3) is 0.538. The minimum Gasteiger partial charge on any atom is -0.379 e. The second-order valence-corrected chi connectivity index (χ2v) is 5.20. The van der Waals surface area contributed by atoms with Crippen molar-refractivity contribution < 1.29 is 4.74 Å². The van der Waals surface area contributed by atoms with Crippen LogP contribution < -0.4 is 0 Å². The van der Waals surface area contributed by atoms with E-state index >= 15 is 0 Å². The van der Waals surface area contributed by atoms with Crippen LogP contribution in [0.2, 0.25) is 5.02 Å². The molecular weight excluding hydrogens is 264 g/mol. The first-order valence-electron chi connectivity index (χ1n) is 6.52. The molecule has 1 saturated heterocycles. The van der Waals surface area contributed by atoms with E-state index in [9.17, 15) is 0 Å². The highest BCUT2D eigenvalue weighted by molar-refractivity contribution is 6.31. The number of nitrogens with zero attached hydrogens (tertiary/aromatic N) is 4. The van der Waals surface area contributed by atoms with Crippen LogP contribution in [0.3, 0.4) is 0 Å². The summed E-state index contributed by atoms with van der Waals surface area (Å²) in [6.45, 7) is 7.59. The summed E-state index contributed by atoms with van der Waals surface area (Å²) in [7, 11) is 0. The number of ether oxygens (including phenoxy) is 1. The van der Waals surface area contributed by atoms with Crippen molar-refractivity contribution >= 4 is 22.8 Å². The van der Waals surface area contributed by atoms with Gasteiger partial charge in [-0.2, -0.15) is 0 Å². The first kappa shape index (κ1) is 12.8. The van der Waals surface area contributed by atoms with Crippen molar-refractivity contribution in [2.24, 2.45) is 0 Å². The van der Waals surface area contributed by atoms with E-state index in [0.29, 0.717) is 5.02 Å². The van der Waals surface area contributed by atoms with Crippen LogP contribution in [0.1, 0.15) is 5.56 Å². The highest BCUT2D eigenvalue weighted by Crippen LogP contribution is 2.22. The molecule has 0 aromatic carbocycles. The molecule has 0 aliphatic carbocycles. The molecule has 0 N–H and O–H groups in total. The summed E-state index contributed by atoms with van der Waals surface area (Å²) in [5, 5.41) is 0.695. The van der Waals surface area contributed by atoms with E-state index in [2.05, 4.69) is 19.4 Å². The Morgan fingerprint density at radius 2 is 2.05 bits per heavy atom. The van der Waals surface area contributed by atoms with Gasteiger partial charge in [0.1, 0.15) is 0 Å². The molecule has 0 radical (unpaired) electrons. The van der Waals surface area contributed by atoms with E-state index in [4.69, 9.17) is 16.3 Å². The Kier molecular flexibility index (Phi) is 3.68. The first-order chi connectivity index (χ1) is 9.25. The van der Waals surface area contributed by atoms with Crippen molar-refractivity contribution in [1.29, 1.82) is 0 Å². The van der Waals surface area contributed by atoms with Crippen molar-refractivity contribution in [2.45, 2.75) is 13.5 Å². The number of pyridine rings is 1. The van der Waals surface area contributed by atoms with E-state index in [1.807, 2.05) is 13.3 Å². The van der Waals surface area contributed by atoms with Crippen LogP contribution in [0, 0.1) is 6.92 Å². The van der Waals surface area contributed by atoms with Crippen molar-refractivity contribution in [3.05, 3.63) is 23.1 Å². The SMILES string of the molecule is Cc1c(Cl)cnc2ncn(CCN3CCOCC3)c12. The molecule has 1 fully saturated rings. The maximum Gasteiger partial charge on any atom is 0.177 e. The van der Waals surface area contributed by atoms with E-state index < -0.39 is 0 Å². The van der Waals surface area contributed by atoms with Gasteiger partial charge in [0, 0.05) is 32.4 Å². The number of aryl methyl sites for hydroxylation is 1. The molecule has 102 valence electrons. The molecule has 5 nitrogen and oxygen atoms in total. The molecular formula is C13H17ClN4O. The fourth-order valence-electron chi connectivity index (χ4n) is 2.42. The Balaban J connectivity index is 1.79. The molecule has 0 amide bonds. The van der Waals surface area contributed by atoms with Crippen molar-refractivity contribution in [2.75, 3.05) is 32.8 Å². The van der Waals surface area contributed by atoms with Crippen LogP contribution in [0.5, 0.6) is 0 Å². The fourth-order valence-corrected chi connectivity index (χ4v) is 2.56. The Bertz CT molecular complexity index is 577. The normalized spacial score (nSPS) is 17.2. The molecule has 3 rings (SSSR count). The van der Waals surface area contributed by atoms with Crippen LogP contribution >= 0.6 is 11.6 Å². The standard InChI is InChI=1S/C13H17ClN4O/c1-10-11(14)8-15-13-12(10)18(9-16-13)3-2-17-4-6-19-7-5-17/h8-9H,2-7H2,1H3. The Labute approximate surface area is 117 Å². The lowest BCUT2D eigenvalue weighted by atomic mass is 10.2. The smallest absolute Gasteiger partial charge is 0.177 e. The molecule has 6 heteroatoms. The lowest BCUT2D eigenvalue weighted by Crippen LogP contribution is -2.38. The average molecular weight is 281 g/mol. The van der Waals surface area contributed by atoms with Crippen LogP contribution in [-0.4, -0.2) is 52.3 Å². The van der Waals surface area contributed by atoms with Gasteiger partial charge in [-0.05, 0) is 12.5 Å². The third kappa shape index (κ3) is 2.59. The Morgan fingerprint density at radius 1 is 1.26 bits per heavy atom. The quantitative estimate of drug-likeness (QED) is 0.859. The number of morpholine rings is 1. The summed E-state index contributed by atoms with van der Waals surface area (Å²) in [5.41, 5.74) is 2.86. The lowest BCUT2D eigenvalue weighted by Gasteiger charge is -2.26. The molecule has 1 aliphatic rings. The number of hydrogen-bond acceptors (Lipinski definition) is 4. The highest BCUT2D eigenvalue weighted by Gasteiger charge is 2.13. The van der Waals surface area contributed by atoms with E-state index in [0.717, 1.165) is 56.1 Å². The number of rotatable bonds is 3. The summed E-state index contributed by atoms with van der Waals surface area (Å²) < 4.78 is 7.49. The van der Waals surface area contributed by atoms with Gasteiger partial charge in [-0.1, -0.05) is 11.6 Å². The van der Waals surface area contributed by atoms with Gasteiger partial charge < -0.3 is 9.30 Å². The minimum atomic E-state index is 0.695. The van der Waals surface area contributed by atoms with Gasteiger partial charge in [0.25, 0.3) is 0 Å². The summed E-state index contributed by atoms with van der Waals surface area (Å²) >= 11 is 6.13. The molecule has 0 saturated carbocycles. The molecule has 3 heterocycles. The number of hydrogen-bond donors (Lipinski definition) is 0. The van der Waals surface area contributed by atoms with Gasteiger partial charge in [0.2, 0.25) is 0 Å². The van der Waals surface area contributed by atoms with Crippen molar-refractivity contribution in [1.82, 2.24) is 19.4 Å². The molecule has 2 aromatic heterocycles. The van der Waals surface area contributed by atoms with E-state index in [-0.39, 0.29) is 0 Å². The third-order valence-corrected chi connectivity index (χ3v) is 3.97. The summed E-state index contributed by atoms with van der Waals surface area (Å²) in [6.07, 6.45) is 3.51. The lowest BCUT2D eigenvalue weighted by molar-refractivity contribution is 0.0365. The highest BCUT2D eigenvalue weighted by atomic mass is 35.5. The monoisotopic (exact) mass is 280 g/mol. The molecule has 0 bridgehead atoms. The van der Waals surface area contributed by atoms with E-state index in [1.165, 1.54) is 0 Å². The Morgan fingerprint density at radius 3 is 2.84 bits per heavy atom. The van der Waals surface area contributed by atoms with Gasteiger partial charge in [-0.15, -0.1) is 0 Å².